The second-order valence-corrected chi connectivity index (χ2v) is 6.20. The zero-order valence-corrected chi connectivity index (χ0v) is 14.6. The van der Waals surface area contributed by atoms with E-state index < -0.39 is 0 Å². The van der Waals surface area contributed by atoms with Crippen LogP contribution in [0.2, 0.25) is 0 Å². The molecule has 1 saturated heterocycles. The normalized spacial score (nSPS) is 14.9. The van der Waals surface area contributed by atoms with Crippen LogP contribution < -0.4 is 4.90 Å². The number of carbonyl (C=O) groups excluding carboxylic acids is 1. The van der Waals surface area contributed by atoms with Gasteiger partial charge in [-0.1, -0.05) is 24.3 Å². The van der Waals surface area contributed by atoms with Gasteiger partial charge in [0.15, 0.2) is 0 Å². The Morgan fingerprint density at radius 3 is 2.35 bits per heavy atom. The van der Waals surface area contributed by atoms with Crippen molar-refractivity contribution in [3.63, 3.8) is 0 Å². The van der Waals surface area contributed by atoms with Crippen molar-refractivity contribution in [2.24, 2.45) is 0 Å². The number of anilines is 1. The summed E-state index contributed by atoms with van der Waals surface area (Å²) in [6.07, 6.45) is 0. The van der Waals surface area contributed by atoms with Crippen molar-refractivity contribution in [3.8, 4) is 0 Å². The molecule has 0 atom stereocenters. The summed E-state index contributed by atoms with van der Waals surface area (Å²) >= 11 is 0. The summed E-state index contributed by atoms with van der Waals surface area (Å²) < 4.78 is 4.70. The molecule has 2 aromatic rings. The Morgan fingerprint density at radius 1 is 1.08 bits per heavy atom. The van der Waals surface area contributed by atoms with Crippen LogP contribution in [-0.2, 0) is 11.3 Å². The van der Waals surface area contributed by atoms with Gasteiger partial charge in [0.2, 0.25) is 0 Å². The lowest BCUT2D eigenvalue weighted by Gasteiger charge is -2.35. The van der Waals surface area contributed by atoms with Crippen molar-refractivity contribution >= 4 is 17.3 Å². The molecule has 1 aliphatic rings. The second-order valence-electron chi connectivity index (χ2n) is 6.20. The minimum Gasteiger partial charge on any atom is -0.465 e. The minimum absolute atomic E-state index is 0.152. The molecule has 0 N–H and O–H groups in total. The third-order valence-electron chi connectivity index (χ3n) is 4.57. The van der Waals surface area contributed by atoms with Crippen molar-refractivity contribution < 1.29 is 14.5 Å². The first-order valence-electron chi connectivity index (χ1n) is 8.46. The summed E-state index contributed by atoms with van der Waals surface area (Å²) in [6, 6.07) is 14.3. The van der Waals surface area contributed by atoms with Crippen LogP contribution in [-0.4, -0.2) is 49.1 Å². The lowest BCUT2D eigenvalue weighted by atomic mass is 10.1. The maximum Gasteiger partial charge on any atom is 0.337 e. The topological polar surface area (TPSA) is 75.9 Å². The second kappa shape index (κ2) is 7.97. The number of piperazine rings is 1. The van der Waals surface area contributed by atoms with Crippen molar-refractivity contribution in [1.29, 1.82) is 0 Å². The Bertz CT molecular complexity index is 784. The molecule has 1 fully saturated rings. The predicted octanol–water partition coefficient (Wildman–Crippen LogP) is 2.70. The number of para-hydroxylation sites is 2. The van der Waals surface area contributed by atoms with Crippen LogP contribution in [0.1, 0.15) is 15.9 Å². The van der Waals surface area contributed by atoms with E-state index >= 15 is 0 Å². The van der Waals surface area contributed by atoms with Gasteiger partial charge >= 0.3 is 5.97 Å². The summed E-state index contributed by atoms with van der Waals surface area (Å²) in [4.78, 5) is 26.7. The maximum atomic E-state index is 11.5. The van der Waals surface area contributed by atoms with Gasteiger partial charge in [-0.05, 0) is 23.8 Å². The summed E-state index contributed by atoms with van der Waals surface area (Å²) in [5, 5.41) is 11.2. The van der Waals surface area contributed by atoms with Gasteiger partial charge in [-0.15, -0.1) is 0 Å². The molecular formula is C19H21N3O4. The fourth-order valence-electron chi connectivity index (χ4n) is 3.16. The third kappa shape index (κ3) is 4.00. The molecule has 1 aliphatic heterocycles. The maximum absolute atomic E-state index is 11.5. The van der Waals surface area contributed by atoms with E-state index in [4.69, 9.17) is 4.74 Å². The van der Waals surface area contributed by atoms with Crippen molar-refractivity contribution in [2.45, 2.75) is 6.54 Å². The number of carbonyl (C=O) groups is 1. The van der Waals surface area contributed by atoms with Gasteiger partial charge in [0.25, 0.3) is 5.69 Å². The van der Waals surface area contributed by atoms with E-state index in [1.54, 1.807) is 30.3 Å². The molecule has 26 heavy (non-hydrogen) atoms. The molecule has 0 bridgehead atoms. The van der Waals surface area contributed by atoms with Gasteiger partial charge in [-0.2, -0.15) is 0 Å². The molecule has 0 aliphatic carbocycles. The fraction of sp³-hybridized carbons (Fsp3) is 0.316. The van der Waals surface area contributed by atoms with Crippen LogP contribution in [0, 0.1) is 10.1 Å². The van der Waals surface area contributed by atoms with Gasteiger partial charge in [-0.25, -0.2) is 4.79 Å². The van der Waals surface area contributed by atoms with Crippen LogP contribution in [0.25, 0.3) is 0 Å². The van der Waals surface area contributed by atoms with Crippen molar-refractivity contribution in [1.82, 2.24) is 4.90 Å². The highest BCUT2D eigenvalue weighted by Crippen LogP contribution is 2.28. The lowest BCUT2D eigenvalue weighted by molar-refractivity contribution is -0.384. The smallest absolute Gasteiger partial charge is 0.337 e. The zero-order valence-electron chi connectivity index (χ0n) is 14.6. The first-order valence-corrected chi connectivity index (χ1v) is 8.46. The average Bonchev–Trinajstić information content (AvgIpc) is 2.68. The largest absolute Gasteiger partial charge is 0.465 e. The highest BCUT2D eigenvalue weighted by molar-refractivity contribution is 5.89. The van der Waals surface area contributed by atoms with E-state index in [0.29, 0.717) is 11.3 Å². The molecule has 0 unspecified atom stereocenters. The standard InChI is InChI=1S/C19H21N3O4/c1-26-19(23)16-8-6-15(7-9-16)14-20-10-12-21(13-11-20)17-4-2-3-5-18(17)22(24)25/h2-9H,10-14H2,1H3. The third-order valence-corrected chi connectivity index (χ3v) is 4.57. The summed E-state index contributed by atoms with van der Waals surface area (Å²) in [6.45, 7) is 3.91. The zero-order chi connectivity index (χ0) is 18.5. The van der Waals surface area contributed by atoms with E-state index in [1.807, 2.05) is 18.2 Å². The van der Waals surface area contributed by atoms with Crippen LogP contribution >= 0.6 is 0 Å². The van der Waals surface area contributed by atoms with E-state index in [1.165, 1.54) is 7.11 Å². The highest BCUT2D eigenvalue weighted by Gasteiger charge is 2.23. The number of nitro groups is 1. The first kappa shape index (κ1) is 17.9. The number of nitrogens with zero attached hydrogens (tertiary/aromatic N) is 3. The molecule has 3 rings (SSSR count). The first-order chi connectivity index (χ1) is 12.6. The number of hydrogen-bond acceptors (Lipinski definition) is 6. The molecule has 0 amide bonds. The summed E-state index contributed by atoms with van der Waals surface area (Å²) in [5.41, 5.74) is 2.49. The van der Waals surface area contributed by atoms with E-state index in [-0.39, 0.29) is 16.6 Å². The molecule has 0 spiro atoms. The lowest BCUT2D eigenvalue weighted by Crippen LogP contribution is -2.46. The van der Waals surface area contributed by atoms with E-state index in [0.717, 1.165) is 38.3 Å². The van der Waals surface area contributed by atoms with E-state index in [2.05, 4.69) is 9.80 Å². The Balaban J connectivity index is 1.59. The molecule has 7 heteroatoms. The van der Waals surface area contributed by atoms with Crippen LogP contribution in [0.5, 0.6) is 0 Å². The highest BCUT2D eigenvalue weighted by atomic mass is 16.6. The number of rotatable bonds is 5. The van der Waals surface area contributed by atoms with Crippen LogP contribution in [0.4, 0.5) is 11.4 Å². The summed E-state index contributed by atoms with van der Waals surface area (Å²) in [5.74, 6) is -0.338. The Morgan fingerprint density at radius 2 is 1.73 bits per heavy atom. The van der Waals surface area contributed by atoms with E-state index in [9.17, 15) is 14.9 Å². The predicted molar refractivity (Wildman–Crippen MR) is 98.4 cm³/mol. The van der Waals surface area contributed by atoms with Gasteiger partial charge in [-0.3, -0.25) is 15.0 Å². The van der Waals surface area contributed by atoms with Crippen molar-refractivity contribution in [3.05, 3.63) is 69.8 Å². The van der Waals surface area contributed by atoms with Gasteiger partial charge in [0.1, 0.15) is 5.69 Å². The number of nitro benzene ring substituents is 1. The number of methoxy groups -OCH3 is 1. The molecule has 1 heterocycles. The van der Waals surface area contributed by atoms with Gasteiger partial charge in [0, 0.05) is 38.8 Å². The average molecular weight is 355 g/mol. The molecule has 7 nitrogen and oxygen atoms in total. The quantitative estimate of drug-likeness (QED) is 0.466. The van der Waals surface area contributed by atoms with Crippen LogP contribution in [0.3, 0.4) is 0 Å². The minimum atomic E-state index is -0.338. The number of esters is 1. The van der Waals surface area contributed by atoms with Crippen LogP contribution in [0.15, 0.2) is 48.5 Å². The molecule has 0 saturated carbocycles. The molecule has 0 radical (unpaired) electrons. The summed E-state index contributed by atoms with van der Waals surface area (Å²) in [7, 11) is 1.37. The molecule has 2 aromatic carbocycles. The van der Waals surface area contributed by atoms with Crippen molar-refractivity contribution in [2.75, 3.05) is 38.2 Å². The molecule has 136 valence electrons. The number of hydrogen-bond donors (Lipinski definition) is 0. The monoisotopic (exact) mass is 355 g/mol. The number of ether oxygens (including phenoxy) is 1. The Kier molecular flexibility index (Phi) is 5.48. The number of benzene rings is 2. The van der Waals surface area contributed by atoms with Gasteiger partial charge in [0.05, 0.1) is 17.6 Å². The fourth-order valence-corrected chi connectivity index (χ4v) is 3.16. The SMILES string of the molecule is COC(=O)c1ccc(CN2CCN(c3ccccc3[N+](=O)[O-])CC2)cc1. The molecular weight excluding hydrogens is 334 g/mol. The van der Waals surface area contributed by atoms with Gasteiger partial charge < -0.3 is 9.64 Å². The molecule has 0 aromatic heterocycles. The Hall–Kier alpha value is -2.93. The Labute approximate surface area is 151 Å².